The van der Waals surface area contributed by atoms with Crippen molar-refractivity contribution in [2.45, 2.75) is 39.5 Å². The van der Waals surface area contributed by atoms with Crippen LogP contribution in [0.15, 0.2) is 61.3 Å². The Labute approximate surface area is 161 Å². The third-order valence-corrected chi connectivity index (χ3v) is 4.93. The summed E-state index contributed by atoms with van der Waals surface area (Å²) in [7, 11) is 0. The minimum absolute atomic E-state index is 0.167. The molecular weight excluding hydrogens is 333 g/mol. The number of hydrogen-bond donors (Lipinski definition) is 0. The second-order valence-electron chi connectivity index (χ2n) is 6.83. The van der Waals surface area contributed by atoms with Crippen LogP contribution in [0.25, 0.3) is 28.5 Å². The van der Waals surface area contributed by atoms with E-state index < -0.39 is 0 Å². The first kappa shape index (κ1) is 19.0. The smallest absolute Gasteiger partial charge is 0.127 e. The number of unbranched alkanes of at least 4 members (excludes halogenated alkanes) is 1. The maximum Gasteiger partial charge on any atom is 0.127 e. The number of halogens is 1. The largest absolute Gasteiger partial charge is 0.255 e. The Balaban J connectivity index is 2.11. The lowest BCUT2D eigenvalue weighted by Crippen LogP contribution is -1.96. The first-order valence-electron chi connectivity index (χ1n) is 9.66. The van der Waals surface area contributed by atoms with Gasteiger partial charge in [0.15, 0.2) is 0 Å². The van der Waals surface area contributed by atoms with E-state index in [1.165, 1.54) is 5.56 Å². The fourth-order valence-electron chi connectivity index (χ4n) is 3.26. The van der Waals surface area contributed by atoms with Gasteiger partial charge in [-0.1, -0.05) is 69.3 Å². The highest BCUT2D eigenvalue weighted by molar-refractivity contribution is 5.81. The first-order chi connectivity index (χ1) is 13.2. The Bertz CT molecular complexity index is 926. The zero-order chi connectivity index (χ0) is 19.2. The molecule has 0 aliphatic rings. The summed E-state index contributed by atoms with van der Waals surface area (Å²) in [6.45, 7) is 7.97. The second kappa shape index (κ2) is 8.77. The van der Waals surface area contributed by atoms with E-state index in [2.05, 4.69) is 31.7 Å². The molecule has 1 nitrogen and oxygen atoms in total. The summed E-state index contributed by atoms with van der Waals surface area (Å²) < 4.78 is 14.4. The molecule has 0 aliphatic carbocycles. The van der Waals surface area contributed by atoms with E-state index in [1.807, 2.05) is 43.5 Å². The fourth-order valence-corrected chi connectivity index (χ4v) is 3.26. The van der Waals surface area contributed by atoms with E-state index in [0.29, 0.717) is 6.42 Å². The summed E-state index contributed by atoms with van der Waals surface area (Å²) in [4.78, 5) is 4.73. The molecule has 0 amide bonds. The average molecular weight is 359 g/mol. The SMILES string of the molecule is C=Cc1ccc(-c2cc(CCCC)cnc2-c2ccc(CC)c(F)c2)cc1. The highest BCUT2D eigenvalue weighted by Gasteiger charge is 2.12. The Morgan fingerprint density at radius 1 is 1.00 bits per heavy atom. The lowest BCUT2D eigenvalue weighted by molar-refractivity contribution is 0.612. The normalized spacial score (nSPS) is 10.8. The van der Waals surface area contributed by atoms with Crippen molar-refractivity contribution >= 4 is 6.08 Å². The zero-order valence-corrected chi connectivity index (χ0v) is 16.1. The minimum atomic E-state index is -0.167. The Kier molecular flexibility index (Phi) is 6.18. The fraction of sp³-hybridized carbons (Fsp3) is 0.240. The van der Waals surface area contributed by atoms with E-state index in [1.54, 1.807) is 6.07 Å². The predicted molar refractivity (Wildman–Crippen MR) is 113 cm³/mol. The van der Waals surface area contributed by atoms with Crippen LogP contribution in [0.2, 0.25) is 0 Å². The van der Waals surface area contributed by atoms with Gasteiger partial charge in [0.05, 0.1) is 5.69 Å². The molecule has 0 unspecified atom stereocenters. The highest BCUT2D eigenvalue weighted by atomic mass is 19.1. The lowest BCUT2D eigenvalue weighted by atomic mass is 9.95. The van der Waals surface area contributed by atoms with Gasteiger partial charge in [0.2, 0.25) is 0 Å². The van der Waals surface area contributed by atoms with Crippen LogP contribution < -0.4 is 0 Å². The molecule has 0 aliphatic heterocycles. The summed E-state index contributed by atoms with van der Waals surface area (Å²) in [6.07, 6.45) is 7.73. The van der Waals surface area contributed by atoms with Gasteiger partial charge in [0.1, 0.15) is 5.82 Å². The molecule has 138 valence electrons. The maximum absolute atomic E-state index is 14.4. The maximum atomic E-state index is 14.4. The van der Waals surface area contributed by atoms with Crippen LogP contribution in [0.1, 0.15) is 43.4 Å². The number of aryl methyl sites for hydroxylation is 2. The number of nitrogens with zero attached hydrogens (tertiary/aromatic N) is 1. The van der Waals surface area contributed by atoms with Crippen LogP contribution in [0, 0.1) is 5.82 Å². The predicted octanol–water partition coefficient (Wildman–Crippen LogP) is 7.10. The molecule has 3 rings (SSSR count). The summed E-state index contributed by atoms with van der Waals surface area (Å²) in [5, 5.41) is 0. The van der Waals surface area contributed by atoms with E-state index in [0.717, 1.165) is 52.8 Å². The lowest BCUT2D eigenvalue weighted by Gasteiger charge is -2.13. The third-order valence-electron chi connectivity index (χ3n) is 4.93. The minimum Gasteiger partial charge on any atom is -0.255 e. The zero-order valence-electron chi connectivity index (χ0n) is 16.1. The monoisotopic (exact) mass is 359 g/mol. The average Bonchev–Trinajstić information content (AvgIpc) is 2.72. The number of hydrogen-bond acceptors (Lipinski definition) is 1. The molecular formula is C25H26FN. The highest BCUT2D eigenvalue weighted by Crippen LogP contribution is 2.32. The van der Waals surface area contributed by atoms with Crippen LogP contribution in [-0.2, 0) is 12.8 Å². The molecule has 0 radical (unpaired) electrons. The van der Waals surface area contributed by atoms with Crippen molar-refractivity contribution in [3.05, 3.63) is 83.8 Å². The summed E-state index contributed by atoms with van der Waals surface area (Å²) >= 11 is 0. The number of aromatic nitrogens is 1. The van der Waals surface area contributed by atoms with E-state index in [-0.39, 0.29) is 5.82 Å². The van der Waals surface area contributed by atoms with Crippen molar-refractivity contribution in [3.63, 3.8) is 0 Å². The molecule has 0 atom stereocenters. The molecule has 0 bridgehead atoms. The van der Waals surface area contributed by atoms with Crippen LogP contribution in [-0.4, -0.2) is 4.98 Å². The number of benzene rings is 2. The number of pyridine rings is 1. The molecule has 0 N–H and O–H groups in total. The van der Waals surface area contributed by atoms with Gasteiger partial charge < -0.3 is 0 Å². The van der Waals surface area contributed by atoms with Gasteiger partial charge in [-0.2, -0.15) is 0 Å². The third kappa shape index (κ3) is 4.33. The second-order valence-corrected chi connectivity index (χ2v) is 6.83. The molecule has 0 saturated heterocycles. The molecule has 0 fully saturated rings. The van der Waals surface area contributed by atoms with Crippen LogP contribution in [0.5, 0.6) is 0 Å². The van der Waals surface area contributed by atoms with E-state index in [9.17, 15) is 4.39 Å². The summed E-state index contributed by atoms with van der Waals surface area (Å²) in [5.74, 6) is -0.167. The Hall–Kier alpha value is -2.74. The summed E-state index contributed by atoms with van der Waals surface area (Å²) in [5.41, 5.74) is 6.79. The van der Waals surface area contributed by atoms with Gasteiger partial charge in [0, 0.05) is 17.3 Å². The molecule has 3 aromatic rings. The van der Waals surface area contributed by atoms with Crippen LogP contribution >= 0.6 is 0 Å². The standard InChI is InChI=1S/C25H26FN/c1-4-7-8-19-15-23(21-11-9-18(5-2)10-12-21)25(27-17-19)22-14-13-20(6-3)24(26)16-22/h5,9-17H,2,4,6-8H2,1,3H3. The summed E-state index contributed by atoms with van der Waals surface area (Å²) in [6, 6.07) is 15.9. The Morgan fingerprint density at radius 3 is 2.37 bits per heavy atom. The van der Waals surface area contributed by atoms with Crippen LogP contribution in [0.4, 0.5) is 4.39 Å². The van der Waals surface area contributed by atoms with Gasteiger partial charge in [-0.05, 0) is 53.6 Å². The van der Waals surface area contributed by atoms with Crippen molar-refractivity contribution in [1.82, 2.24) is 4.98 Å². The molecule has 27 heavy (non-hydrogen) atoms. The topological polar surface area (TPSA) is 12.9 Å². The quantitative estimate of drug-likeness (QED) is 0.438. The molecule has 2 aromatic carbocycles. The van der Waals surface area contributed by atoms with Crippen molar-refractivity contribution in [3.8, 4) is 22.4 Å². The molecule has 0 spiro atoms. The van der Waals surface area contributed by atoms with Crippen LogP contribution in [0.3, 0.4) is 0 Å². The van der Waals surface area contributed by atoms with Gasteiger partial charge in [-0.25, -0.2) is 4.39 Å². The Morgan fingerprint density at radius 2 is 1.74 bits per heavy atom. The van der Waals surface area contributed by atoms with E-state index >= 15 is 0 Å². The van der Waals surface area contributed by atoms with Gasteiger partial charge >= 0.3 is 0 Å². The molecule has 2 heteroatoms. The molecule has 0 saturated carbocycles. The number of rotatable bonds is 7. The van der Waals surface area contributed by atoms with Gasteiger partial charge in [0.25, 0.3) is 0 Å². The van der Waals surface area contributed by atoms with Gasteiger partial charge in [-0.3, -0.25) is 4.98 Å². The van der Waals surface area contributed by atoms with Crippen molar-refractivity contribution in [2.24, 2.45) is 0 Å². The van der Waals surface area contributed by atoms with Crippen molar-refractivity contribution in [2.75, 3.05) is 0 Å². The molecule has 1 aromatic heterocycles. The van der Waals surface area contributed by atoms with Crippen molar-refractivity contribution in [1.29, 1.82) is 0 Å². The van der Waals surface area contributed by atoms with Gasteiger partial charge in [-0.15, -0.1) is 0 Å². The van der Waals surface area contributed by atoms with E-state index in [4.69, 9.17) is 4.98 Å². The molecule has 1 heterocycles. The first-order valence-corrected chi connectivity index (χ1v) is 9.66. The van der Waals surface area contributed by atoms with Crippen molar-refractivity contribution < 1.29 is 4.39 Å².